The predicted octanol–water partition coefficient (Wildman–Crippen LogP) is 4.97. The summed E-state index contributed by atoms with van der Waals surface area (Å²) in [5.41, 5.74) is 0.930. The first-order valence-electron chi connectivity index (χ1n) is 10.2. The molecular formula is C22H36FNO3Si. The van der Waals surface area contributed by atoms with Crippen LogP contribution in [0, 0.1) is 17.7 Å². The maximum Gasteiger partial charge on any atom is 0.321 e. The third-order valence-electron chi connectivity index (χ3n) is 6.49. The van der Waals surface area contributed by atoms with E-state index in [1.165, 1.54) is 6.07 Å². The standard InChI is InChI=1S/C22H36FNO3Si/c1-15(2)20(21(25)26)24-12-17(14-27-28(6,7)22(3,4)5)19(13-24)16-9-8-10-18(23)11-16/h8-11,15,17,19-20H,12-14H2,1-7H3,(H,25,26)/t17-,19+,20+/m0/s1. The quantitative estimate of drug-likeness (QED) is 0.646. The average Bonchev–Trinajstić information content (AvgIpc) is 2.95. The fraction of sp³-hybridized carbons (Fsp3) is 0.682. The summed E-state index contributed by atoms with van der Waals surface area (Å²) in [5, 5.41) is 9.84. The van der Waals surface area contributed by atoms with Crippen molar-refractivity contribution in [3.05, 3.63) is 35.6 Å². The molecule has 0 bridgehead atoms. The smallest absolute Gasteiger partial charge is 0.321 e. The van der Waals surface area contributed by atoms with Crippen molar-refractivity contribution in [1.82, 2.24) is 4.90 Å². The average molecular weight is 410 g/mol. The molecule has 0 saturated carbocycles. The van der Waals surface area contributed by atoms with Crippen molar-refractivity contribution in [3.8, 4) is 0 Å². The molecule has 0 spiro atoms. The van der Waals surface area contributed by atoms with Crippen LogP contribution in [0.4, 0.5) is 4.39 Å². The van der Waals surface area contributed by atoms with Crippen LogP contribution in [0.3, 0.4) is 0 Å². The van der Waals surface area contributed by atoms with Gasteiger partial charge in [0.15, 0.2) is 8.32 Å². The van der Waals surface area contributed by atoms with Gasteiger partial charge in [-0.25, -0.2) is 4.39 Å². The van der Waals surface area contributed by atoms with Gasteiger partial charge in [0.1, 0.15) is 11.9 Å². The molecule has 3 atom stereocenters. The lowest BCUT2D eigenvalue weighted by Crippen LogP contribution is -2.44. The van der Waals surface area contributed by atoms with E-state index in [1.807, 2.05) is 24.8 Å². The number of halogens is 1. The van der Waals surface area contributed by atoms with Crippen molar-refractivity contribution in [2.45, 2.75) is 64.7 Å². The van der Waals surface area contributed by atoms with E-state index < -0.39 is 20.3 Å². The van der Waals surface area contributed by atoms with Gasteiger partial charge in [-0.15, -0.1) is 0 Å². The molecule has 1 aliphatic heterocycles. The number of benzene rings is 1. The van der Waals surface area contributed by atoms with Gasteiger partial charge in [0.05, 0.1) is 0 Å². The number of likely N-dealkylation sites (tertiary alicyclic amines) is 1. The van der Waals surface area contributed by atoms with E-state index >= 15 is 0 Å². The van der Waals surface area contributed by atoms with Crippen LogP contribution >= 0.6 is 0 Å². The molecule has 1 aromatic carbocycles. The van der Waals surface area contributed by atoms with Crippen LogP contribution in [-0.2, 0) is 9.22 Å². The fourth-order valence-corrected chi connectivity index (χ4v) is 4.87. The molecule has 158 valence electrons. The van der Waals surface area contributed by atoms with E-state index in [9.17, 15) is 14.3 Å². The van der Waals surface area contributed by atoms with Crippen molar-refractivity contribution < 1.29 is 18.7 Å². The van der Waals surface area contributed by atoms with Crippen LogP contribution in [0.2, 0.25) is 18.1 Å². The first kappa shape index (κ1) is 23.0. The molecule has 1 saturated heterocycles. The van der Waals surface area contributed by atoms with Gasteiger partial charge in [0.2, 0.25) is 0 Å². The van der Waals surface area contributed by atoms with Crippen LogP contribution in [0.25, 0.3) is 0 Å². The lowest BCUT2D eigenvalue weighted by molar-refractivity contribution is -0.144. The van der Waals surface area contributed by atoms with Crippen molar-refractivity contribution in [1.29, 1.82) is 0 Å². The molecule has 1 aromatic rings. The second-order valence-corrected chi connectivity index (χ2v) is 14.8. The Hall–Kier alpha value is -1.24. The van der Waals surface area contributed by atoms with Crippen molar-refractivity contribution >= 4 is 14.3 Å². The Morgan fingerprint density at radius 1 is 1.32 bits per heavy atom. The van der Waals surface area contributed by atoms with Crippen molar-refractivity contribution in [3.63, 3.8) is 0 Å². The molecule has 1 aliphatic rings. The number of carboxylic acids is 1. The van der Waals surface area contributed by atoms with Crippen LogP contribution < -0.4 is 0 Å². The minimum Gasteiger partial charge on any atom is -0.480 e. The topological polar surface area (TPSA) is 49.8 Å². The van der Waals surface area contributed by atoms with Gasteiger partial charge >= 0.3 is 5.97 Å². The molecule has 1 heterocycles. The summed E-state index contributed by atoms with van der Waals surface area (Å²) in [6.07, 6.45) is 0. The minimum atomic E-state index is -1.92. The van der Waals surface area contributed by atoms with E-state index in [4.69, 9.17) is 4.43 Å². The molecule has 0 unspecified atom stereocenters. The second-order valence-electron chi connectivity index (χ2n) is 9.97. The molecule has 0 aliphatic carbocycles. The summed E-state index contributed by atoms with van der Waals surface area (Å²) in [6, 6.07) is 6.18. The summed E-state index contributed by atoms with van der Waals surface area (Å²) < 4.78 is 20.3. The fourth-order valence-electron chi connectivity index (χ4n) is 3.81. The van der Waals surface area contributed by atoms with Gasteiger partial charge in [-0.1, -0.05) is 46.8 Å². The maximum atomic E-state index is 13.9. The van der Waals surface area contributed by atoms with Crippen LogP contribution in [-0.4, -0.2) is 50.0 Å². The molecule has 4 nitrogen and oxygen atoms in total. The normalized spacial score (nSPS) is 22.6. The van der Waals surface area contributed by atoms with Gasteiger partial charge in [0.25, 0.3) is 0 Å². The van der Waals surface area contributed by atoms with E-state index in [0.717, 1.165) is 5.56 Å². The summed E-state index contributed by atoms with van der Waals surface area (Å²) in [7, 11) is -1.92. The van der Waals surface area contributed by atoms with Gasteiger partial charge in [0, 0.05) is 31.5 Å². The highest BCUT2D eigenvalue weighted by Crippen LogP contribution is 2.40. The zero-order valence-electron chi connectivity index (χ0n) is 18.3. The Balaban J connectivity index is 2.27. The Morgan fingerprint density at radius 2 is 1.96 bits per heavy atom. The van der Waals surface area contributed by atoms with Crippen molar-refractivity contribution in [2.75, 3.05) is 19.7 Å². The Labute approximate surface area is 170 Å². The summed E-state index contributed by atoms with van der Waals surface area (Å²) in [6.45, 7) is 16.8. The summed E-state index contributed by atoms with van der Waals surface area (Å²) >= 11 is 0. The van der Waals surface area contributed by atoms with Crippen LogP contribution in [0.1, 0.15) is 46.1 Å². The minimum absolute atomic E-state index is 0.00530. The number of rotatable bonds is 7. The zero-order chi connectivity index (χ0) is 21.3. The molecule has 1 N–H and O–H groups in total. The lowest BCUT2D eigenvalue weighted by Gasteiger charge is -2.37. The number of carboxylic acid groups (broad SMARTS) is 1. The second kappa shape index (κ2) is 8.64. The van der Waals surface area contributed by atoms with E-state index in [1.54, 1.807) is 12.1 Å². The number of hydrogen-bond donors (Lipinski definition) is 1. The number of aliphatic carboxylic acids is 1. The predicted molar refractivity (Wildman–Crippen MR) is 114 cm³/mol. The molecule has 2 rings (SSSR count). The Morgan fingerprint density at radius 3 is 2.46 bits per heavy atom. The highest BCUT2D eigenvalue weighted by molar-refractivity contribution is 6.74. The van der Waals surface area contributed by atoms with E-state index in [0.29, 0.717) is 19.7 Å². The molecule has 0 amide bonds. The molecule has 0 radical (unpaired) electrons. The third-order valence-corrected chi connectivity index (χ3v) is 11.0. The monoisotopic (exact) mass is 409 g/mol. The molecule has 0 aromatic heterocycles. The number of carbonyl (C=O) groups is 1. The molecule has 1 fully saturated rings. The number of hydrogen-bond acceptors (Lipinski definition) is 3. The highest BCUT2D eigenvalue weighted by atomic mass is 28.4. The van der Waals surface area contributed by atoms with Crippen LogP contribution in [0.5, 0.6) is 0 Å². The Kier molecular flexibility index (Phi) is 7.11. The molecular weight excluding hydrogens is 373 g/mol. The van der Waals surface area contributed by atoms with E-state index in [-0.39, 0.29) is 28.6 Å². The van der Waals surface area contributed by atoms with E-state index in [2.05, 4.69) is 33.9 Å². The third kappa shape index (κ3) is 5.22. The Bertz CT molecular complexity index is 687. The zero-order valence-corrected chi connectivity index (χ0v) is 19.3. The number of nitrogens with zero attached hydrogens (tertiary/aromatic N) is 1. The molecule has 28 heavy (non-hydrogen) atoms. The van der Waals surface area contributed by atoms with Gasteiger partial charge in [-0.2, -0.15) is 0 Å². The van der Waals surface area contributed by atoms with Crippen molar-refractivity contribution in [2.24, 2.45) is 11.8 Å². The SMILES string of the molecule is CC(C)[C@H](C(=O)O)N1C[C@@H](CO[Si](C)(C)C(C)(C)C)[C@@H](c2cccc(F)c2)C1. The largest absolute Gasteiger partial charge is 0.480 e. The van der Waals surface area contributed by atoms with Gasteiger partial charge in [-0.05, 0) is 41.7 Å². The molecule has 6 heteroatoms. The van der Waals surface area contributed by atoms with Gasteiger partial charge in [-0.3, -0.25) is 9.69 Å². The maximum absolute atomic E-state index is 13.9. The summed E-state index contributed by atoms with van der Waals surface area (Å²) in [4.78, 5) is 13.9. The van der Waals surface area contributed by atoms with Gasteiger partial charge < -0.3 is 9.53 Å². The highest BCUT2D eigenvalue weighted by Gasteiger charge is 2.43. The first-order chi connectivity index (χ1) is 12.8. The summed E-state index contributed by atoms with van der Waals surface area (Å²) in [5.74, 6) is -0.819. The first-order valence-corrected chi connectivity index (χ1v) is 13.1. The van der Waals surface area contributed by atoms with Crippen LogP contribution in [0.15, 0.2) is 24.3 Å². The lowest BCUT2D eigenvalue weighted by atomic mass is 9.89.